The van der Waals surface area contributed by atoms with Crippen molar-refractivity contribution in [2.45, 2.75) is 45.1 Å². The zero-order valence-corrected chi connectivity index (χ0v) is 19.3. The van der Waals surface area contributed by atoms with Crippen molar-refractivity contribution in [1.29, 1.82) is 0 Å². The first-order valence-electron chi connectivity index (χ1n) is 10.5. The molecule has 1 aliphatic heterocycles. The predicted octanol–water partition coefficient (Wildman–Crippen LogP) is 3.26. The molecular weight excluding hydrogens is 452 g/mol. The fourth-order valence-corrected chi connectivity index (χ4v) is 3.10. The number of hydrogen-bond acceptors (Lipinski definition) is 8. The van der Waals surface area contributed by atoms with Gasteiger partial charge in [-0.1, -0.05) is 12.1 Å². The van der Waals surface area contributed by atoms with Crippen LogP contribution in [-0.2, 0) is 16.4 Å². The van der Waals surface area contributed by atoms with Crippen LogP contribution in [0.4, 0.5) is 24.8 Å². The van der Waals surface area contributed by atoms with Crippen molar-refractivity contribution >= 4 is 24.2 Å². The van der Waals surface area contributed by atoms with Gasteiger partial charge in [0.2, 0.25) is 5.95 Å². The summed E-state index contributed by atoms with van der Waals surface area (Å²) in [5, 5.41) is 7.48. The molecule has 0 amide bonds. The van der Waals surface area contributed by atoms with E-state index in [2.05, 4.69) is 30.1 Å². The summed E-state index contributed by atoms with van der Waals surface area (Å²) < 4.78 is 54.9. The van der Waals surface area contributed by atoms with E-state index in [4.69, 9.17) is 9.31 Å². The zero-order chi connectivity index (χ0) is 24.7. The number of nitrogens with one attached hydrogen (secondary N) is 1. The van der Waals surface area contributed by atoms with Gasteiger partial charge in [0.25, 0.3) is 0 Å². The molecule has 180 valence electrons. The van der Waals surface area contributed by atoms with Crippen molar-refractivity contribution in [3.8, 4) is 17.4 Å². The van der Waals surface area contributed by atoms with Crippen LogP contribution in [0.2, 0.25) is 0 Å². The predicted molar refractivity (Wildman–Crippen MR) is 119 cm³/mol. The van der Waals surface area contributed by atoms with Crippen LogP contribution in [0.15, 0.2) is 36.7 Å². The molecule has 1 saturated heterocycles. The molecule has 1 fully saturated rings. The Balaban J connectivity index is 1.42. The van der Waals surface area contributed by atoms with Gasteiger partial charge in [0, 0.05) is 25.1 Å². The number of anilines is 2. The van der Waals surface area contributed by atoms with E-state index < -0.39 is 31.1 Å². The Kier molecular flexibility index (Phi) is 6.02. The Morgan fingerprint density at radius 2 is 1.62 bits per heavy atom. The van der Waals surface area contributed by atoms with Gasteiger partial charge in [0.1, 0.15) is 0 Å². The van der Waals surface area contributed by atoms with Gasteiger partial charge in [-0.2, -0.15) is 18.2 Å². The fourth-order valence-electron chi connectivity index (χ4n) is 3.10. The van der Waals surface area contributed by atoms with Crippen molar-refractivity contribution in [3.63, 3.8) is 0 Å². The lowest BCUT2D eigenvalue weighted by Gasteiger charge is -2.32. The highest BCUT2D eigenvalue weighted by Crippen LogP contribution is 2.36. The van der Waals surface area contributed by atoms with Gasteiger partial charge < -0.3 is 19.4 Å². The summed E-state index contributed by atoms with van der Waals surface area (Å²) in [4.78, 5) is 12.0. The van der Waals surface area contributed by atoms with Crippen LogP contribution in [0.1, 0.15) is 27.7 Å². The van der Waals surface area contributed by atoms with Crippen LogP contribution in [0, 0.1) is 0 Å². The second-order valence-corrected chi connectivity index (χ2v) is 8.88. The minimum Gasteiger partial charge on any atom is -0.454 e. The lowest BCUT2D eigenvalue weighted by Crippen LogP contribution is -2.41. The summed E-state index contributed by atoms with van der Waals surface area (Å²) in [6, 6.07) is 7.21. The second kappa shape index (κ2) is 8.55. The maximum atomic E-state index is 12.3. The number of alkyl halides is 3. The minimum absolute atomic E-state index is 0.307. The van der Waals surface area contributed by atoms with Gasteiger partial charge in [-0.25, -0.2) is 14.6 Å². The average molecular weight is 476 g/mol. The smallest absolute Gasteiger partial charge is 0.454 e. The SMILES string of the molecule is Cn1nc(-c2cnc(OCC(F)(F)F)nc2)nc1Nc1ccc(B2OC(C)(C)C(C)(C)O2)cc1. The number of benzene rings is 1. The molecule has 2 aromatic heterocycles. The maximum absolute atomic E-state index is 12.3. The average Bonchev–Trinajstić information content (AvgIpc) is 3.22. The summed E-state index contributed by atoms with van der Waals surface area (Å²) in [7, 11) is 1.25. The Labute approximate surface area is 194 Å². The first kappa shape index (κ1) is 24.0. The molecule has 0 aliphatic carbocycles. The first-order valence-corrected chi connectivity index (χ1v) is 10.5. The molecule has 1 aromatic carbocycles. The quantitative estimate of drug-likeness (QED) is 0.542. The summed E-state index contributed by atoms with van der Waals surface area (Å²) in [6.07, 6.45) is -1.86. The largest absolute Gasteiger partial charge is 0.494 e. The molecule has 9 nitrogen and oxygen atoms in total. The van der Waals surface area contributed by atoms with Crippen LogP contribution >= 0.6 is 0 Å². The summed E-state index contributed by atoms with van der Waals surface area (Å²) in [5.74, 6) is 0.761. The van der Waals surface area contributed by atoms with Crippen molar-refractivity contribution in [1.82, 2.24) is 24.7 Å². The van der Waals surface area contributed by atoms with Gasteiger partial charge in [0.05, 0.1) is 16.8 Å². The minimum atomic E-state index is -4.46. The summed E-state index contributed by atoms with van der Waals surface area (Å²) in [5.41, 5.74) is 1.26. The monoisotopic (exact) mass is 476 g/mol. The van der Waals surface area contributed by atoms with Gasteiger partial charge in [0.15, 0.2) is 12.4 Å². The van der Waals surface area contributed by atoms with E-state index in [1.54, 1.807) is 7.05 Å². The third-order valence-electron chi connectivity index (χ3n) is 5.71. The number of nitrogens with zero attached hydrogens (tertiary/aromatic N) is 5. The molecule has 1 aliphatic rings. The van der Waals surface area contributed by atoms with Crippen molar-refractivity contribution in [3.05, 3.63) is 36.7 Å². The van der Waals surface area contributed by atoms with Gasteiger partial charge in [-0.15, -0.1) is 5.10 Å². The molecule has 34 heavy (non-hydrogen) atoms. The molecule has 0 spiro atoms. The van der Waals surface area contributed by atoms with Gasteiger partial charge in [-0.3, -0.25) is 0 Å². The van der Waals surface area contributed by atoms with Crippen LogP contribution in [-0.4, -0.2) is 55.8 Å². The molecule has 0 unspecified atom stereocenters. The molecule has 13 heteroatoms. The maximum Gasteiger partial charge on any atom is 0.494 e. The van der Waals surface area contributed by atoms with Crippen molar-refractivity contribution in [2.75, 3.05) is 11.9 Å². The highest BCUT2D eigenvalue weighted by atomic mass is 19.4. The van der Waals surface area contributed by atoms with E-state index >= 15 is 0 Å². The normalized spacial score (nSPS) is 17.1. The van der Waals surface area contributed by atoms with Gasteiger partial charge in [-0.05, 0) is 45.3 Å². The molecule has 3 heterocycles. The zero-order valence-electron chi connectivity index (χ0n) is 19.3. The number of hydrogen-bond donors (Lipinski definition) is 1. The molecule has 0 saturated carbocycles. The van der Waals surface area contributed by atoms with E-state index in [1.807, 2.05) is 52.0 Å². The number of aromatic nitrogens is 5. The second-order valence-electron chi connectivity index (χ2n) is 8.88. The summed E-state index contributed by atoms with van der Waals surface area (Å²) >= 11 is 0. The lowest BCUT2D eigenvalue weighted by molar-refractivity contribution is -0.154. The van der Waals surface area contributed by atoms with E-state index in [1.165, 1.54) is 17.1 Å². The van der Waals surface area contributed by atoms with Crippen LogP contribution in [0.5, 0.6) is 6.01 Å². The molecule has 0 bridgehead atoms. The third-order valence-corrected chi connectivity index (χ3v) is 5.71. The molecular formula is C21H24BF3N6O3. The van der Waals surface area contributed by atoms with Crippen LogP contribution in [0.3, 0.4) is 0 Å². The van der Waals surface area contributed by atoms with E-state index in [-0.39, 0.29) is 6.01 Å². The number of ether oxygens (including phenoxy) is 1. The Hall–Kier alpha value is -3.19. The molecule has 3 aromatic rings. The van der Waals surface area contributed by atoms with Crippen LogP contribution in [0.25, 0.3) is 11.4 Å². The third kappa shape index (κ3) is 5.15. The van der Waals surface area contributed by atoms with Crippen molar-refractivity contribution < 1.29 is 27.2 Å². The molecule has 0 atom stereocenters. The number of halogens is 3. The van der Waals surface area contributed by atoms with E-state index in [0.29, 0.717) is 17.3 Å². The highest BCUT2D eigenvalue weighted by molar-refractivity contribution is 6.62. The van der Waals surface area contributed by atoms with Crippen molar-refractivity contribution in [2.24, 2.45) is 7.05 Å². The highest BCUT2D eigenvalue weighted by Gasteiger charge is 2.51. The van der Waals surface area contributed by atoms with E-state index in [9.17, 15) is 13.2 Å². The summed E-state index contributed by atoms with van der Waals surface area (Å²) in [6.45, 7) is 6.55. The molecule has 0 radical (unpaired) electrons. The number of aryl methyl sites for hydroxylation is 1. The standard InChI is InChI=1S/C21H24BF3N6O3/c1-19(2)20(3,4)34-22(33-19)14-6-8-15(9-7-14)28-17-29-16(30-31(17)5)13-10-26-18(27-11-13)32-12-21(23,24)25/h6-11H,12H2,1-5H3,(H,28,29,30). The van der Waals surface area contributed by atoms with Gasteiger partial charge >= 0.3 is 19.3 Å². The number of rotatable bonds is 6. The fraction of sp³-hybridized carbons (Fsp3) is 0.429. The topological polar surface area (TPSA) is 96.2 Å². The lowest BCUT2D eigenvalue weighted by atomic mass is 9.79. The first-order chi connectivity index (χ1) is 15.8. The molecule has 4 rings (SSSR count). The Bertz CT molecular complexity index is 1130. The van der Waals surface area contributed by atoms with E-state index in [0.717, 1.165) is 11.2 Å². The van der Waals surface area contributed by atoms with Crippen LogP contribution < -0.4 is 15.5 Å². The Morgan fingerprint density at radius 1 is 1.03 bits per heavy atom. The Morgan fingerprint density at radius 3 is 2.18 bits per heavy atom. The molecule has 1 N–H and O–H groups in total.